The van der Waals surface area contributed by atoms with E-state index in [0.717, 1.165) is 11.0 Å². The number of benzene rings is 1. The highest BCUT2D eigenvalue weighted by atomic mass is 16.3. The highest BCUT2D eigenvalue weighted by Crippen LogP contribution is 2.37. The fourth-order valence-corrected chi connectivity index (χ4v) is 3.83. The third kappa shape index (κ3) is 2.72. The molecule has 0 unspecified atom stereocenters. The van der Waals surface area contributed by atoms with Gasteiger partial charge in [-0.15, -0.1) is 0 Å². The fourth-order valence-electron chi connectivity index (χ4n) is 3.83. The Hall–Kier alpha value is -4.63. The maximum atomic E-state index is 9.49. The Balaban J connectivity index is 1.88. The summed E-state index contributed by atoms with van der Waals surface area (Å²) >= 11 is 0. The molecular formula is C22H16N8O. The van der Waals surface area contributed by atoms with E-state index in [9.17, 15) is 10.5 Å². The van der Waals surface area contributed by atoms with Gasteiger partial charge in [0.15, 0.2) is 17.0 Å². The van der Waals surface area contributed by atoms with E-state index in [0.29, 0.717) is 47.2 Å². The van der Waals surface area contributed by atoms with Crippen molar-refractivity contribution >= 4 is 28.0 Å². The molecule has 0 fully saturated rings. The molecule has 5 aromatic rings. The van der Waals surface area contributed by atoms with Gasteiger partial charge in [0, 0.05) is 6.54 Å². The summed E-state index contributed by atoms with van der Waals surface area (Å²) < 4.78 is 9.27. The van der Waals surface area contributed by atoms with E-state index in [1.807, 2.05) is 54.0 Å². The number of fused-ring (bicyclic) bond motifs is 2. The topological polar surface area (TPSA) is 135 Å². The number of furan rings is 1. The van der Waals surface area contributed by atoms with Crippen molar-refractivity contribution in [2.75, 3.05) is 5.73 Å². The van der Waals surface area contributed by atoms with Gasteiger partial charge in [-0.05, 0) is 31.2 Å². The van der Waals surface area contributed by atoms with Crippen LogP contribution in [0.4, 0.5) is 5.82 Å². The number of aromatic nitrogens is 5. The number of para-hydroxylation sites is 2. The van der Waals surface area contributed by atoms with Gasteiger partial charge < -0.3 is 19.3 Å². The van der Waals surface area contributed by atoms with E-state index in [-0.39, 0.29) is 11.4 Å². The summed E-state index contributed by atoms with van der Waals surface area (Å²) in [5.74, 6) is 1.69. The molecule has 0 saturated heterocycles. The predicted molar refractivity (Wildman–Crippen MR) is 114 cm³/mol. The normalized spacial score (nSPS) is 11.1. The summed E-state index contributed by atoms with van der Waals surface area (Å²) in [4.78, 5) is 13.7. The Morgan fingerprint density at radius 2 is 1.77 bits per heavy atom. The zero-order chi connectivity index (χ0) is 21.5. The highest BCUT2D eigenvalue weighted by molar-refractivity contribution is 5.99. The largest absolute Gasteiger partial charge is 0.467 e. The average Bonchev–Trinajstić information content (AvgIpc) is 3.50. The van der Waals surface area contributed by atoms with Crippen LogP contribution >= 0.6 is 0 Å². The number of nitrogens with two attached hydrogens (primary N) is 1. The third-order valence-electron chi connectivity index (χ3n) is 5.22. The first-order valence-corrected chi connectivity index (χ1v) is 9.64. The molecule has 9 nitrogen and oxygen atoms in total. The summed E-state index contributed by atoms with van der Waals surface area (Å²) in [6.07, 6.45) is 1.58. The van der Waals surface area contributed by atoms with Crippen LogP contribution in [0.1, 0.15) is 24.1 Å². The number of nitrogens with zero attached hydrogens (tertiary/aromatic N) is 7. The van der Waals surface area contributed by atoms with E-state index in [2.05, 4.69) is 9.97 Å². The molecule has 0 spiro atoms. The van der Waals surface area contributed by atoms with E-state index in [1.165, 1.54) is 0 Å². The minimum absolute atomic E-state index is 0.0504. The van der Waals surface area contributed by atoms with Gasteiger partial charge in [0.25, 0.3) is 0 Å². The highest BCUT2D eigenvalue weighted by Gasteiger charge is 2.26. The summed E-state index contributed by atoms with van der Waals surface area (Å²) in [6.45, 7) is 2.98. The zero-order valence-electron chi connectivity index (χ0n) is 16.6. The molecule has 5 rings (SSSR count). The van der Waals surface area contributed by atoms with Crippen molar-refractivity contribution in [3.63, 3.8) is 0 Å². The summed E-state index contributed by atoms with van der Waals surface area (Å²) in [5, 5.41) is 18.9. The Kier molecular flexibility index (Phi) is 4.16. The lowest BCUT2D eigenvalue weighted by Crippen LogP contribution is -2.06. The Labute approximate surface area is 176 Å². The SMILES string of the molecule is CCn1c(-c2c(N)n(Cc3ccco3)c3nc(C#N)c(C#N)nc23)nc2ccccc21. The molecule has 0 bridgehead atoms. The van der Waals surface area contributed by atoms with E-state index < -0.39 is 0 Å². The third-order valence-corrected chi connectivity index (χ3v) is 5.22. The molecule has 0 saturated carbocycles. The van der Waals surface area contributed by atoms with Gasteiger partial charge in [-0.3, -0.25) is 0 Å². The van der Waals surface area contributed by atoms with E-state index >= 15 is 0 Å². The molecule has 31 heavy (non-hydrogen) atoms. The minimum Gasteiger partial charge on any atom is -0.467 e. The van der Waals surface area contributed by atoms with Gasteiger partial charge in [0.05, 0.1) is 29.4 Å². The number of hydrogen-bond acceptors (Lipinski definition) is 7. The van der Waals surface area contributed by atoms with Crippen LogP contribution in [0, 0.1) is 22.7 Å². The van der Waals surface area contributed by atoms with Crippen molar-refractivity contribution in [3.8, 4) is 23.5 Å². The van der Waals surface area contributed by atoms with Gasteiger partial charge in [-0.25, -0.2) is 15.0 Å². The van der Waals surface area contributed by atoms with Crippen LogP contribution in [0.3, 0.4) is 0 Å². The average molecular weight is 408 g/mol. The standard InChI is InChI=1S/C22H16N8O/c1-2-29-17-8-4-3-7-14(17)27-21(29)18-19-22(28-16(11-24)15(10-23)26-19)30(20(18)25)12-13-6-5-9-31-13/h3-9H,2,12,25H2,1H3. The van der Waals surface area contributed by atoms with Crippen LogP contribution in [-0.2, 0) is 13.1 Å². The van der Waals surface area contributed by atoms with Crippen LogP contribution in [0.2, 0.25) is 0 Å². The molecule has 0 atom stereocenters. The van der Waals surface area contributed by atoms with Crippen molar-refractivity contribution in [2.45, 2.75) is 20.0 Å². The molecule has 1 aromatic carbocycles. The molecule has 0 aliphatic carbocycles. The number of imidazole rings is 1. The van der Waals surface area contributed by atoms with Gasteiger partial charge in [0.2, 0.25) is 0 Å². The number of nitrogen functional groups attached to an aromatic ring is 1. The number of hydrogen-bond donors (Lipinski definition) is 1. The first-order valence-electron chi connectivity index (χ1n) is 9.64. The predicted octanol–water partition coefficient (Wildman–Crippen LogP) is 3.43. The lowest BCUT2D eigenvalue weighted by Gasteiger charge is -2.07. The monoisotopic (exact) mass is 408 g/mol. The smallest absolute Gasteiger partial charge is 0.179 e. The fraction of sp³-hybridized carbons (Fsp3) is 0.136. The van der Waals surface area contributed by atoms with Crippen molar-refractivity contribution in [2.24, 2.45) is 0 Å². The van der Waals surface area contributed by atoms with Crippen LogP contribution in [-0.4, -0.2) is 24.1 Å². The second-order valence-corrected chi connectivity index (χ2v) is 6.91. The number of rotatable bonds is 4. The zero-order valence-corrected chi connectivity index (χ0v) is 16.6. The molecule has 2 N–H and O–H groups in total. The Morgan fingerprint density at radius 1 is 1.00 bits per heavy atom. The number of anilines is 1. The van der Waals surface area contributed by atoms with Crippen LogP contribution in [0.25, 0.3) is 33.6 Å². The summed E-state index contributed by atoms with van der Waals surface area (Å²) in [5.41, 5.74) is 9.70. The Bertz CT molecular complexity index is 1530. The van der Waals surface area contributed by atoms with Crippen molar-refractivity contribution < 1.29 is 4.42 Å². The molecule has 0 amide bonds. The van der Waals surface area contributed by atoms with Crippen molar-refractivity contribution in [3.05, 3.63) is 59.8 Å². The van der Waals surface area contributed by atoms with Gasteiger partial charge in [0.1, 0.15) is 35.1 Å². The minimum atomic E-state index is -0.0521. The maximum Gasteiger partial charge on any atom is 0.179 e. The second-order valence-electron chi connectivity index (χ2n) is 6.91. The van der Waals surface area contributed by atoms with Crippen molar-refractivity contribution in [1.29, 1.82) is 10.5 Å². The van der Waals surface area contributed by atoms with Crippen LogP contribution < -0.4 is 5.73 Å². The Morgan fingerprint density at radius 3 is 2.48 bits per heavy atom. The number of nitriles is 2. The lowest BCUT2D eigenvalue weighted by atomic mass is 10.2. The summed E-state index contributed by atoms with van der Waals surface area (Å²) in [7, 11) is 0. The number of aryl methyl sites for hydroxylation is 1. The van der Waals surface area contributed by atoms with E-state index in [1.54, 1.807) is 16.9 Å². The van der Waals surface area contributed by atoms with Crippen LogP contribution in [0.5, 0.6) is 0 Å². The molecule has 9 heteroatoms. The lowest BCUT2D eigenvalue weighted by molar-refractivity contribution is 0.497. The molecule has 0 aliphatic heterocycles. The molecule has 4 aromatic heterocycles. The van der Waals surface area contributed by atoms with Gasteiger partial charge in [-0.1, -0.05) is 12.1 Å². The van der Waals surface area contributed by atoms with Gasteiger partial charge >= 0.3 is 0 Å². The van der Waals surface area contributed by atoms with Crippen molar-refractivity contribution in [1.82, 2.24) is 24.1 Å². The first-order chi connectivity index (χ1) is 15.2. The maximum absolute atomic E-state index is 9.49. The molecule has 150 valence electrons. The molecule has 4 heterocycles. The second kappa shape index (κ2) is 7.01. The molecule has 0 radical (unpaired) electrons. The molecule has 0 aliphatic rings. The summed E-state index contributed by atoms with van der Waals surface area (Å²) in [6, 6.07) is 15.3. The first kappa shape index (κ1) is 18.4. The molecular weight excluding hydrogens is 392 g/mol. The van der Waals surface area contributed by atoms with E-state index in [4.69, 9.17) is 15.1 Å². The quantitative estimate of drug-likeness (QED) is 0.481. The van der Waals surface area contributed by atoms with Crippen LogP contribution in [0.15, 0.2) is 47.1 Å². The van der Waals surface area contributed by atoms with Gasteiger partial charge in [-0.2, -0.15) is 10.5 Å².